The fourth-order valence-corrected chi connectivity index (χ4v) is 4.19. The van der Waals surface area contributed by atoms with Crippen molar-refractivity contribution in [3.63, 3.8) is 0 Å². The smallest absolute Gasteiger partial charge is 0.364 e. The van der Waals surface area contributed by atoms with E-state index in [0.29, 0.717) is 11.4 Å². The molecule has 0 spiro atoms. The number of rotatable bonds is 3. The highest BCUT2D eigenvalue weighted by molar-refractivity contribution is 8.05. The molecule has 2 atom stereocenters. The molecule has 0 bridgehead atoms. The van der Waals surface area contributed by atoms with Crippen LogP contribution >= 0.6 is 19.4 Å². The van der Waals surface area contributed by atoms with Crippen LogP contribution in [-0.4, -0.2) is 46.3 Å². The molecule has 0 unspecified atom stereocenters. The lowest BCUT2D eigenvalue weighted by Crippen LogP contribution is -2.20. The fourth-order valence-electron chi connectivity index (χ4n) is 2.03. The molecular formula is C9H12N5O5PS. The van der Waals surface area contributed by atoms with Crippen LogP contribution in [0.4, 0.5) is 5.95 Å². The van der Waals surface area contributed by atoms with Crippen LogP contribution in [-0.2, 0) is 15.8 Å². The summed E-state index contributed by atoms with van der Waals surface area (Å²) in [7, 11) is -4.28. The molecule has 21 heavy (non-hydrogen) atoms. The second-order valence-electron chi connectivity index (χ2n) is 4.51. The Kier molecular flexibility index (Phi) is 3.54. The van der Waals surface area contributed by atoms with E-state index in [4.69, 9.17) is 20.3 Å². The number of fused-ring (bicyclic) bond motifs is 1. The highest BCUT2D eigenvalue weighted by Crippen LogP contribution is 2.51. The number of nitrogens with two attached hydrogens (primary N) is 1. The number of anilines is 1. The molecule has 1 aliphatic heterocycles. The van der Waals surface area contributed by atoms with E-state index < -0.39 is 24.4 Å². The number of hydrogen-bond donors (Lipinski definition) is 4. The lowest BCUT2D eigenvalue weighted by Gasteiger charge is -2.14. The van der Waals surface area contributed by atoms with E-state index in [2.05, 4.69) is 15.0 Å². The summed E-state index contributed by atoms with van der Waals surface area (Å²) in [5.74, 6) is 0.401. The number of thioether (sulfide) groups is 1. The van der Waals surface area contributed by atoms with E-state index in [1.807, 2.05) is 0 Å². The third-order valence-electron chi connectivity index (χ3n) is 2.90. The molecular weight excluding hydrogens is 321 g/mol. The van der Waals surface area contributed by atoms with Gasteiger partial charge in [0.2, 0.25) is 11.1 Å². The Balaban J connectivity index is 1.84. The van der Waals surface area contributed by atoms with Crippen molar-refractivity contribution in [1.29, 1.82) is 0 Å². The van der Waals surface area contributed by atoms with Gasteiger partial charge in [-0.3, -0.25) is 14.3 Å². The van der Waals surface area contributed by atoms with Gasteiger partial charge < -0.3 is 24.8 Å². The SMILES string of the molecule is Nc1nc2c(ncn2C[C@H]2CS[C@H](P(=O)(O)O)O2)c(=O)[nH]1. The predicted octanol–water partition coefficient (Wildman–Crippen LogP) is -0.705. The van der Waals surface area contributed by atoms with Crippen molar-refractivity contribution < 1.29 is 19.1 Å². The molecule has 0 amide bonds. The zero-order valence-corrected chi connectivity index (χ0v) is 12.3. The molecule has 12 heteroatoms. The monoisotopic (exact) mass is 333 g/mol. The minimum Gasteiger partial charge on any atom is -0.369 e. The fraction of sp³-hybridized carbons (Fsp3) is 0.444. The van der Waals surface area contributed by atoms with Crippen molar-refractivity contribution in [3.05, 3.63) is 16.7 Å². The van der Waals surface area contributed by atoms with Gasteiger partial charge in [0, 0.05) is 5.75 Å². The van der Waals surface area contributed by atoms with Crippen LogP contribution in [0, 0.1) is 0 Å². The number of aromatic nitrogens is 4. The average Bonchev–Trinajstić information content (AvgIpc) is 2.97. The molecule has 10 nitrogen and oxygen atoms in total. The van der Waals surface area contributed by atoms with E-state index in [-0.39, 0.29) is 18.0 Å². The van der Waals surface area contributed by atoms with Gasteiger partial charge in [-0.15, -0.1) is 11.8 Å². The summed E-state index contributed by atoms with van der Waals surface area (Å²) in [6.07, 6.45) is 1.01. The number of imidazole rings is 1. The number of aromatic amines is 1. The van der Waals surface area contributed by atoms with Gasteiger partial charge in [-0.2, -0.15) is 4.98 Å². The summed E-state index contributed by atoms with van der Waals surface area (Å²) < 4.78 is 18.0. The van der Waals surface area contributed by atoms with E-state index >= 15 is 0 Å². The molecule has 3 rings (SSSR count). The van der Waals surface area contributed by atoms with Crippen LogP contribution in [0.15, 0.2) is 11.1 Å². The van der Waals surface area contributed by atoms with Gasteiger partial charge in [0.1, 0.15) is 0 Å². The number of hydrogen-bond acceptors (Lipinski definition) is 7. The van der Waals surface area contributed by atoms with Crippen LogP contribution in [0.1, 0.15) is 0 Å². The highest BCUT2D eigenvalue weighted by Gasteiger charge is 2.38. The molecule has 114 valence electrons. The third-order valence-corrected chi connectivity index (χ3v) is 5.80. The van der Waals surface area contributed by atoms with Crippen molar-refractivity contribution in [2.24, 2.45) is 0 Å². The molecule has 5 N–H and O–H groups in total. The lowest BCUT2D eigenvalue weighted by atomic mass is 10.4. The van der Waals surface area contributed by atoms with E-state index in [1.165, 1.54) is 6.33 Å². The number of H-pyrrole nitrogens is 1. The van der Waals surface area contributed by atoms with Crippen LogP contribution < -0.4 is 11.3 Å². The van der Waals surface area contributed by atoms with Crippen LogP contribution in [0.25, 0.3) is 11.2 Å². The van der Waals surface area contributed by atoms with Crippen molar-refractivity contribution in [2.45, 2.75) is 17.8 Å². The Morgan fingerprint density at radius 3 is 3.05 bits per heavy atom. The Labute approximate surface area is 121 Å². The van der Waals surface area contributed by atoms with Gasteiger partial charge in [0.25, 0.3) is 5.56 Å². The Morgan fingerprint density at radius 2 is 2.38 bits per heavy atom. The van der Waals surface area contributed by atoms with E-state index in [9.17, 15) is 9.36 Å². The van der Waals surface area contributed by atoms with E-state index in [0.717, 1.165) is 11.8 Å². The van der Waals surface area contributed by atoms with Gasteiger partial charge in [0.05, 0.1) is 19.0 Å². The molecule has 0 saturated carbocycles. The van der Waals surface area contributed by atoms with Gasteiger partial charge in [-0.1, -0.05) is 0 Å². The molecule has 1 saturated heterocycles. The molecule has 0 aromatic carbocycles. The van der Waals surface area contributed by atoms with Crippen LogP contribution in [0.3, 0.4) is 0 Å². The van der Waals surface area contributed by atoms with Gasteiger partial charge in [0.15, 0.2) is 11.2 Å². The largest absolute Gasteiger partial charge is 0.369 e. The zero-order chi connectivity index (χ0) is 15.2. The maximum absolute atomic E-state index is 11.6. The topological polar surface area (TPSA) is 156 Å². The molecule has 1 aliphatic rings. The second kappa shape index (κ2) is 5.11. The molecule has 1 fully saturated rings. The minimum atomic E-state index is -4.28. The minimum absolute atomic E-state index is 0.0240. The first-order valence-electron chi connectivity index (χ1n) is 5.87. The number of nitrogen functional groups attached to an aromatic ring is 1. The van der Waals surface area contributed by atoms with Crippen LogP contribution in [0.5, 0.6) is 0 Å². The lowest BCUT2D eigenvalue weighted by molar-refractivity contribution is 0.0778. The van der Waals surface area contributed by atoms with Crippen LogP contribution in [0.2, 0.25) is 0 Å². The average molecular weight is 333 g/mol. The Morgan fingerprint density at radius 1 is 1.62 bits per heavy atom. The second-order valence-corrected chi connectivity index (χ2v) is 7.60. The highest BCUT2D eigenvalue weighted by atomic mass is 32.2. The summed E-state index contributed by atoms with van der Waals surface area (Å²) in [6.45, 7) is 0.274. The summed E-state index contributed by atoms with van der Waals surface area (Å²) in [6, 6.07) is 0. The summed E-state index contributed by atoms with van der Waals surface area (Å²) >= 11 is 1.06. The van der Waals surface area contributed by atoms with Gasteiger partial charge in [-0.05, 0) is 0 Å². The third kappa shape index (κ3) is 2.83. The Hall–Kier alpha value is -1.39. The first-order chi connectivity index (χ1) is 9.84. The van der Waals surface area contributed by atoms with Crippen molar-refractivity contribution in [3.8, 4) is 0 Å². The molecule has 0 aliphatic carbocycles. The maximum atomic E-state index is 11.6. The number of nitrogens with one attached hydrogen (secondary N) is 1. The standard InChI is InChI=1S/C9H12N5O5PS/c10-8-12-6-5(7(15)13-8)11-3-14(6)1-4-2-21-9(19-4)20(16,17)18/h3-4,9H,1-2H2,(H2,16,17,18)(H3,10,12,13,15)/t4-,9-/m0/s1. The van der Waals surface area contributed by atoms with Gasteiger partial charge >= 0.3 is 7.60 Å². The summed E-state index contributed by atoms with van der Waals surface area (Å²) in [4.78, 5) is 40.1. The van der Waals surface area contributed by atoms with Crippen molar-refractivity contribution in [2.75, 3.05) is 11.5 Å². The number of nitrogens with zero attached hydrogens (tertiary/aromatic N) is 3. The zero-order valence-electron chi connectivity index (χ0n) is 10.5. The summed E-state index contributed by atoms with van der Waals surface area (Å²) in [5, 5.41) is -1.15. The number of ether oxygens (including phenoxy) is 1. The quantitative estimate of drug-likeness (QED) is 0.533. The van der Waals surface area contributed by atoms with Crippen molar-refractivity contribution in [1.82, 2.24) is 19.5 Å². The molecule has 0 radical (unpaired) electrons. The Bertz CT molecular complexity index is 784. The van der Waals surface area contributed by atoms with Gasteiger partial charge in [-0.25, -0.2) is 4.98 Å². The maximum Gasteiger partial charge on any atom is 0.364 e. The van der Waals surface area contributed by atoms with Crippen molar-refractivity contribution >= 4 is 36.5 Å². The first-order valence-corrected chi connectivity index (χ1v) is 8.60. The predicted molar refractivity (Wildman–Crippen MR) is 75.7 cm³/mol. The van der Waals surface area contributed by atoms with E-state index in [1.54, 1.807) is 4.57 Å². The molecule has 3 heterocycles. The molecule has 2 aromatic rings. The first kappa shape index (κ1) is 14.5. The summed E-state index contributed by atoms with van der Waals surface area (Å²) in [5.41, 5.74) is 5.52. The molecule has 2 aromatic heterocycles. The normalized spacial score (nSPS) is 23.0.